The summed E-state index contributed by atoms with van der Waals surface area (Å²) in [5, 5.41) is 58.5. The number of carbonyl (C=O) groups excluding carboxylic acids is 1. The summed E-state index contributed by atoms with van der Waals surface area (Å²) in [6.45, 7) is 0.391. The van der Waals surface area contributed by atoms with Crippen LogP contribution in [-0.4, -0.2) is 91.4 Å². The van der Waals surface area contributed by atoms with Crippen molar-refractivity contribution >= 4 is 29.7 Å². The van der Waals surface area contributed by atoms with Crippen LogP contribution in [0.1, 0.15) is 6.92 Å². The van der Waals surface area contributed by atoms with E-state index in [-0.39, 0.29) is 17.4 Å². The molecular formula is C19H25N5O12. The number of aliphatic hydroxyl groups is 3. The van der Waals surface area contributed by atoms with Gasteiger partial charge in [-0.15, -0.1) is 0 Å². The second kappa shape index (κ2) is 13.4. The van der Waals surface area contributed by atoms with Crippen molar-refractivity contribution in [2.45, 2.75) is 37.3 Å². The van der Waals surface area contributed by atoms with Crippen molar-refractivity contribution < 1.29 is 54.3 Å². The second-order valence-corrected chi connectivity index (χ2v) is 7.05. The Hall–Kier alpha value is -4.48. The van der Waals surface area contributed by atoms with Crippen LogP contribution in [0.3, 0.4) is 0 Å². The van der Waals surface area contributed by atoms with E-state index in [0.717, 1.165) is 18.2 Å². The standard InChI is InChI=1S/C12H20N4O7.C7H5NO5/c1-4(18)15-8-5(16-12(13)14)2-7(11(21)22)23-10(8)9(20)6(19)3-17;9-7(10)13-6-3-1-5(2-4-6)8(11)12/h2,5-6,8-10,17,19-20H,3H2,1H3,(H,15,18)(H,21,22)(H4,13,14,16);1-4H,(H,9,10)/t5-,6+,8+,9+,10+;/m0./s1. The topological polar surface area (TPSA) is 290 Å². The molecule has 0 fully saturated rings. The average molecular weight is 515 g/mol. The fraction of sp³-hybridized carbons (Fsp3) is 0.368. The second-order valence-electron chi connectivity index (χ2n) is 7.05. The van der Waals surface area contributed by atoms with E-state index in [9.17, 15) is 34.7 Å². The Kier molecular flexibility index (Phi) is 11.0. The number of carboxylic acids is 1. The smallest absolute Gasteiger partial charge is 0.478 e. The maximum Gasteiger partial charge on any atom is 0.511 e. The van der Waals surface area contributed by atoms with Gasteiger partial charge in [-0.3, -0.25) is 14.9 Å². The number of guanidine groups is 1. The Bertz CT molecular complexity index is 1010. The third-order valence-corrected chi connectivity index (χ3v) is 4.36. The molecule has 0 saturated carbocycles. The number of nitrogens with one attached hydrogen (secondary N) is 1. The predicted octanol–water partition coefficient (Wildman–Crippen LogP) is -2.13. The Morgan fingerprint density at radius 1 is 1.22 bits per heavy atom. The van der Waals surface area contributed by atoms with Crippen LogP contribution in [0.4, 0.5) is 10.5 Å². The number of nitrogens with zero attached hydrogens (tertiary/aromatic N) is 2. The summed E-state index contributed by atoms with van der Waals surface area (Å²) in [6, 6.07) is 2.65. The number of aliphatic hydroxyl groups excluding tert-OH is 3. The summed E-state index contributed by atoms with van der Waals surface area (Å²) in [7, 11) is 0. The van der Waals surface area contributed by atoms with Crippen molar-refractivity contribution in [3.05, 3.63) is 46.2 Å². The Morgan fingerprint density at radius 3 is 2.22 bits per heavy atom. The molecule has 0 saturated heterocycles. The Labute approximate surface area is 202 Å². The molecule has 1 aromatic carbocycles. The van der Waals surface area contributed by atoms with Crippen molar-refractivity contribution in [2.75, 3.05) is 6.61 Å². The number of rotatable bonds is 8. The van der Waals surface area contributed by atoms with Gasteiger partial charge in [-0.05, 0) is 18.2 Å². The quantitative estimate of drug-likeness (QED) is 0.0458. The summed E-state index contributed by atoms with van der Waals surface area (Å²) in [6.07, 6.45) is -5.10. The Balaban J connectivity index is 0.000000420. The molecule has 0 spiro atoms. The number of hydrogen-bond acceptors (Lipinski definition) is 11. The van der Waals surface area contributed by atoms with Crippen LogP contribution in [0.15, 0.2) is 41.1 Å². The van der Waals surface area contributed by atoms with E-state index < -0.39 is 65.7 Å². The van der Waals surface area contributed by atoms with Gasteiger partial charge in [0.2, 0.25) is 11.7 Å². The lowest BCUT2D eigenvalue weighted by molar-refractivity contribution is -0.384. The molecule has 17 heteroatoms. The first-order chi connectivity index (χ1) is 16.8. The number of nitro benzene ring substituents is 1. The minimum absolute atomic E-state index is 0.0538. The molecule has 198 valence electrons. The van der Waals surface area contributed by atoms with E-state index in [1.807, 2.05) is 0 Å². The summed E-state index contributed by atoms with van der Waals surface area (Å²) in [5.74, 6) is -2.84. The summed E-state index contributed by atoms with van der Waals surface area (Å²) >= 11 is 0. The molecule has 0 radical (unpaired) electrons. The molecule has 0 bridgehead atoms. The first-order valence-corrected chi connectivity index (χ1v) is 9.86. The highest BCUT2D eigenvalue weighted by Gasteiger charge is 2.43. The van der Waals surface area contributed by atoms with Gasteiger partial charge < -0.3 is 51.8 Å². The number of aliphatic carboxylic acids is 1. The molecule has 17 nitrogen and oxygen atoms in total. The molecular weight excluding hydrogens is 490 g/mol. The number of non-ortho nitro benzene ring substituents is 1. The van der Waals surface area contributed by atoms with Crippen LogP contribution >= 0.6 is 0 Å². The van der Waals surface area contributed by atoms with E-state index in [0.29, 0.717) is 0 Å². The number of nitrogens with two attached hydrogens (primary N) is 2. The molecule has 1 aliphatic heterocycles. The molecule has 36 heavy (non-hydrogen) atoms. The monoisotopic (exact) mass is 515 g/mol. The van der Waals surface area contributed by atoms with Gasteiger partial charge in [0.1, 0.15) is 24.1 Å². The number of amides is 1. The zero-order valence-electron chi connectivity index (χ0n) is 18.6. The van der Waals surface area contributed by atoms with E-state index in [1.54, 1.807) is 0 Å². The number of aliphatic imine (C=N–C) groups is 1. The summed E-state index contributed by atoms with van der Waals surface area (Å²) < 4.78 is 9.38. The predicted molar refractivity (Wildman–Crippen MR) is 119 cm³/mol. The van der Waals surface area contributed by atoms with Crippen LogP contribution in [0.25, 0.3) is 0 Å². The maximum absolute atomic E-state index is 11.4. The maximum atomic E-state index is 11.4. The molecule has 5 atom stereocenters. The fourth-order valence-electron chi connectivity index (χ4n) is 2.87. The third kappa shape index (κ3) is 9.05. The van der Waals surface area contributed by atoms with Gasteiger partial charge in [0, 0.05) is 19.1 Å². The first-order valence-electron chi connectivity index (χ1n) is 9.86. The lowest BCUT2D eigenvalue weighted by Crippen LogP contribution is -2.59. The van der Waals surface area contributed by atoms with Gasteiger partial charge in [-0.1, -0.05) is 0 Å². The van der Waals surface area contributed by atoms with Crippen molar-refractivity contribution in [1.29, 1.82) is 0 Å². The zero-order chi connectivity index (χ0) is 27.6. The number of hydrogen-bond donors (Lipinski definition) is 8. The number of nitro groups is 1. The van der Waals surface area contributed by atoms with Crippen molar-refractivity contribution in [1.82, 2.24) is 5.32 Å². The summed E-state index contributed by atoms with van der Waals surface area (Å²) in [5.41, 5.74) is 10.5. The highest BCUT2D eigenvalue weighted by Crippen LogP contribution is 2.25. The lowest BCUT2D eigenvalue weighted by Gasteiger charge is -2.38. The highest BCUT2D eigenvalue weighted by atomic mass is 16.7. The molecule has 0 aromatic heterocycles. The van der Waals surface area contributed by atoms with E-state index >= 15 is 0 Å². The molecule has 0 unspecified atom stereocenters. The minimum atomic E-state index is -1.70. The van der Waals surface area contributed by atoms with Gasteiger partial charge in [-0.25, -0.2) is 14.6 Å². The molecule has 2 rings (SSSR count). The molecule has 10 N–H and O–H groups in total. The number of benzene rings is 1. The number of ether oxygens (including phenoxy) is 2. The first kappa shape index (κ1) is 29.6. The van der Waals surface area contributed by atoms with Crippen molar-refractivity contribution in [3.8, 4) is 5.75 Å². The molecule has 1 aromatic rings. The van der Waals surface area contributed by atoms with E-state index in [4.69, 9.17) is 31.5 Å². The van der Waals surface area contributed by atoms with Crippen LogP contribution in [0, 0.1) is 10.1 Å². The van der Waals surface area contributed by atoms with Crippen LogP contribution in [-0.2, 0) is 14.3 Å². The van der Waals surface area contributed by atoms with Crippen molar-refractivity contribution in [3.63, 3.8) is 0 Å². The van der Waals surface area contributed by atoms with Gasteiger partial charge in [-0.2, -0.15) is 0 Å². The van der Waals surface area contributed by atoms with Crippen LogP contribution in [0.2, 0.25) is 0 Å². The van der Waals surface area contributed by atoms with Gasteiger partial charge >= 0.3 is 12.1 Å². The Morgan fingerprint density at radius 2 is 1.81 bits per heavy atom. The minimum Gasteiger partial charge on any atom is -0.478 e. The third-order valence-electron chi connectivity index (χ3n) is 4.36. The average Bonchev–Trinajstić information content (AvgIpc) is 2.78. The largest absolute Gasteiger partial charge is 0.511 e. The van der Waals surface area contributed by atoms with E-state index in [2.05, 4.69) is 15.0 Å². The highest BCUT2D eigenvalue weighted by molar-refractivity contribution is 5.85. The zero-order valence-corrected chi connectivity index (χ0v) is 18.6. The van der Waals surface area contributed by atoms with Gasteiger partial charge in [0.25, 0.3) is 5.69 Å². The summed E-state index contributed by atoms with van der Waals surface area (Å²) in [4.78, 5) is 45.9. The molecule has 0 aliphatic carbocycles. The lowest BCUT2D eigenvalue weighted by atomic mass is 9.92. The van der Waals surface area contributed by atoms with Crippen LogP contribution in [0.5, 0.6) is 5.75 Å². The fourth-order valence-corrected chi connectivity index (χ4v) is 2.87. The molecule has 1 aliphatic rings. The molecule has 1 amide bonds. The number of carbonyl (C=O) groups is 3. The van der Waals surface area contributed by atoms with Crippen molar-refractivity contribution in [2.24, 2.45) is 16.5 Å². The van der Waals surface area contributed by atoms with Crippen LogP contribution < -0.4 is 21.5 Å². The normalized spacial score (nSPS) is 20.1. The molecule has 1 heterocycles. The SMILES string of the molecule is CC(=O)N[C@H]1[C@H]([C@H](O)[C@H](O)CO)OC(C(=O)O)=C[C@@H]1N=C(N)N.O=C(O)Oc1ccc([N+](=O)[O-])cc1. The van der Waals surface area contributed by atoms with Gasteiger partial charge in [0.05, 0.1) is 23.6 Å². The van der Waals surface area contributed by atoms with Gasteiger partial charge in [0.15, 0.2) is 5.96 Å². The number of carboxylic acid groups (broad SMARTS) is 2. The van der Waals surface area contributed by atoms with E-state index in [1.165, 1.54) is 19.1 Å².